The van der Waals surface area contributed by atoms with Gasteiger partial charge in [0.25, 0.3) is 0 Å². The summed E-state index contributed by atoms with van der Waals surface area (Å²) in [4.78, 5) is 11.3. The van der Waals surface area contributed by atoms with E-state index in [1.54, 1.807) is 7.11 Å². The van der Waals surface area contributed by atoms with Crippen LogP contribution >= 0.6 is 0 Å². The first-order valence-corrected chi connectivity index (χ1v) is 8.73. The minimum absolute atomic E-state index is 0.460. The summed E-state index contributed by atoms with van der Waals surface area (Å²) in [6, 6.07) is 7.68. The monoisotopic (exact) mass is 344 g/mol. The van der Waals surface area contributed by atoms with E-state index in [2.05, 4.69) is 51.3 Å². The molecule has 1 aromatic carbocycles. The first-order valence-electron chi connectivity index (χ1n) is 8.73. The maximum Gasteiger partial charge on any atom is 0.194 e. The highest BCUT2D eigenvalue weighted by molar-refractivity contribution is 5.79. The number of ether oxygens (including phenoxy) is 1. The fourth-order valence-electron chi connectivity index (χ4n) is 2.36. The van der Waals surface area contributed by atoms with E-state index in [0.717, 1.165) is 49.0 Å². The molecule has 2 aromatic rings. The third kappa shape index (κ3) is 5.48. The van der Waals surface area contributed by atoms with Gasteiger partial charge in [-0.2, -0.15) is 5.10 Å². The van der Waals surface area contributed by atoms with Crippen LogP contribution in [0.5, 0.6) is 5.75 Å². The highest BCUT2D eigenvalue weighted by Crippen LogP contribution is 2.19. The largest absolute Gasteiger partial charge is 0.497 e. The number of aromatic nitrogens is 3. The van der Waals surface area contributed by atoms with Gasteiger partial charge >= 0.3 is 0 Å². The quantitative estimate of drug-likeness (QED) is 0.569. The molecule has 1 heterocycles. The van der Waals surface area contributed by atoms with Crippen molar-refractivity contribution in [2.24, 2.45) is 4.99 Å². The summed E-state index contributed by atoms with van der Waals surface area (Å²) in [7, 11) is 3.71. The molecule has 0 aliphatic heterocycles. The van der Waals surface area contributed by atoms with Crippen molar-refractivity contribution in [3.05, 3.63) is 30.1 Å². The zero-order chi connectivity index (χ0) is 18.1. The minimum Gasteiger partial charge on any atom is -0.497 e. The van der Waals surface area contributed by atoms with Crippen LogP contribution in [-0.2, 0) is 6.54 Å². The summed E-state index contributed by atoms with van der Waals surface area (Å²) < 4.78 is 5.17. The normalized spacial score (nSPS) is 11.4. The predicted molar refractivity (Wildman–Crippen MR) is 101 cm³/mol. The second kappa shape index (κ2) is 9.66. The van der Waals surface area contributed by atoms with E-state index >= 15 is 0 Å². The molecule has 0 fully saturated rings. The smallest absolute Gasteiger partial charge is 0.194 e. The van der Waals surface area contributed by atoms with E-state index in [-0.39, 0.29) is 0 Å². The predicted octanol–water partition coefficient (Wildman–Crippen LogP) is 2.68. The molecule has 0 unspecified atom stereocenters. The fraction of sp³-hybridized carbons (Fsp3) is 0.500. The lowest BCUT2D eigenvalue weighted by atomic mass is 10.2. The molecule has 0 spiro atoms. The van der Waals surface area contributed by atoms with Gasteiger partial charge < -0.3 is 15.0 Å². The fourth-order valence-corrected chi connectivity index (χ4v) is 2.36. The second-order valence-electron chi connectivity index (χ2n) is 5.78. The first-order chi connectivity index (χ1) is 12.2. The maximum atomic E-state index is 5.17. The third-order valence-electron chi connectivity index (χ3n) is 3.80. The van der Waals surface area contributed by atoms with Crippen LogP contribution in [0.2, 0.25) is 0 Å². The molecule has 0 atom stereocenters. The van der Waals surface area contributed by atoms with Gasteiger partial charge in [-0.05, 0) is 37.6 Å². The molecular formula is C18H28N6O. The first kappa shape index (κ1) is 18.8. The Labute approximate surface area is 149 Å². The van der Waals surface area contributed by atoms with Gasteiger partial charge in [0.05, 0.1) is 7.11 Å². The number of hydrogen-bond donors (Lipinski definition) is 2. The number of methoxy groups -OCH3 is 1. The van der Waals surface area contributed by atoms with E-state index in [1.165, 1.54) is 0 Å². The van der Waals surface area contributed by atoms with E-state index in [1.807, 2.05) is 24.3 Å². The molecule has 0 saturated carbocycles. The standard InChI is InChI=1S/C18H28N6O/c1-5-7-12-24(3)18(19-6-2)20-13-16-21-17(23-22-16)14-8-10-15(25-4)11-9-14/h8-11H,5-7,12-13H2,1-4H3,(H,19,20)(H,21,22,23). The number of H-pyrrole nitrogens is 1. The summed E-state index contributed by atoms with van der Waals surface area (Å²) >= 11 is 0. The van der Waals surface area contributed by atoms with Gasteiger partial charge in [0.1, 0.15) is 18.1 Å². The number of benzene rings is 1. The zero-order valence-electron chi connectivity index (χ0n) is 15.5. The molecule has 0 aliphatic rings. The molecule has 0 radical (unpaired) electrons. The summed E-state index contributed by atoms with van der Waals surface area (Å²) in [5.74, 6) is 3.11. The average Bonchev–Trinajstić information content (AvgIpc) is 3.12. The number of unbranched alkanes of at least 4 members (excludes halogenated alkanes) is 1. The molecule has 25 heavy (non-hydrogen) atoms. The lowest BCUT2D eigenvalue weighted by Gasteiger charge is -2.21. The lowest BCUT2D eigenvalue weighted by Crippen LogP contribution is -2.39. The van der Waals surface area contributed by atoms with Gasteiger partial charge in [0, 0.05) is 25.7 Å². The Kier molecular flexibility index (Phi) is 7.25. The molecule has 136 valence electrons. The molecule has 2 rings (SSSR count). The highest BCUT2D eigenvalue weighted by atomic mass is 16.5. The van der Waals surface area contributed by atoms with Gasteiger partial charge in [0.2, 0.25) is 0 Å². The molecule has 0 aliphatic carbocycles. The topological polar surface area (TPSA) is 78.4 Å². The summed E-state index contributed by atoms with van der Waals surface area (Å²) in [6.45, 7) is 6.53. The summed E-state index contributed by atoms with van der Waals surface area (Å²) in [5, 5.41) is 10.6. The van der Waals surface area contributed by atoms with Crippen molar-refractivity contribution in [3.8, 4) is 17.1 Å². The van der Waals surface area contributed by atoms with E-state index in [4.69, 9.17) is 4.74 Å². The Morgan fingerprint density at radius 1 is 1.28 bits per heavy atom. The van der Waals surface area contributed by atoms with Crippen LogP contribution in [0.4, 0.5) is 0 Å². The van der Waals surface area contributed by atoms with Crippen molar-refractivity contribution in [2.75, 3.05) is 27.2 Å². The summed E-state index contributed by atoms with van der Waals surface area (Å²) in [5.41, 5.74) is 0.944. The van der Waals surface area contributed by atoms with Crippen molar-refractivity contribution >= 4 is 5.96 Å². The number of rotatable bonds is 8. The molecule has 0 amide bonds. The van der Waals surface area contributed by atoms with Gasteiger partial charge in [-0.25, -0.2) is 9.98 Å². The van der Waals surface area contributed by atoms with E-state index in [9.17, 15) is 0 Å². The Morgan fingerprint density at radius 2 is 2.04 bits per heavy atom. The van der Waals surface area contributed by atoms with Crippen LogP contribution in [0.15, 0.2) is 29.3 Å². The molecular weight excluding hydrogens is 316 g/mol. The maximum absolute atomic E-state index is 5.17. The Morgan fingerprint density at radius 3 is 2.68 bits per heavy atom. The number of nitrogens with one attached hydrogen (secondary N) is 2. The molecule has 0 bridgehead atoms. The number of guanidine groups is 1. The van der Waals surface area contributed by atoms with Gasteiger partial charge in [-0.3, -0.25) is 5.10 Å². The number of hydrogen-bond acceptors (Lipinski definition) is 4. The number of aromatic amines is 1. The van der Waals surface area contributed by atoms with E-state index < -0.39 is 0 Å². The van der Waals surface area contributed by atoms with Crippen molar-refractivity contribution < 1.29 is 4.74 Å². The molecule has 0 saturated heterocycles. The summed E-state index contributed by atoms with van der Waals surface area (Å²) in [6.07, 6.45) is 2.31. The van der Waals surface area contributed by atoms with Crippen LogP contribution in [0, 0.1) is 0 Å². The molecule has 1 aromatic heterocycles. The van der Waals surface area contributed by atoms with Crippen LogP contribution < -0.4 is 10.1 Å². The van der Waals surface area contributed by atoms with Crippen molar-refractivity contribution in [1.29, 1.82) is 0 Å². The number of aliphatic imine (C=N–C) groups is 1. The lowest BCUT2D eigenvalue weighted by molar-refractivity contribution is 0.415. The molecule has 7 heteroatoms. The van der Waals surface area contributed by atoms with Crippen molar-refractivity contribution in [2.45, 2.75) is 33.2 Å². The van der Waals surface area contributed by atoms with Gasteiger partial charge in [-0.1, -0.05) is 13.3 Å². The Balaban J connectivity index is 2.04. The number of nitrogens with zero attached hydrogens (tertiary/aromatic N) is 4. The molecule has 2 N–H and O–H groups in total. The van der Waals surface area contributed by atoms with Crippen LogP contribution in [-0.4, -0.2) is 53.3 Å². The molecule has 7 nitrogen and oxygen atoms in total. The third-order valence-corrected chi connectivity index (χ3v) is 3.80. The highest BCUT2D eigenvalue weighted by Gasteiger charge is 2.08. The Bertz CT molecular complexity index is 664. The van der Waals surface area contributed by atoms with Crippen molar-refractivity contribution in [3.63, 3.8) is 0 Å². The SMILES string of the molecule is CCCCN(C)C(=NCc1nc(-c2ccc(OC)cc2)n[nH]1)NCC. The van der Waals surface area contributed by atoms with Gasteiger partial charge in [-0.15, -0.1) is 0 Å². The van der Waals surface area contributed by atoms with Crippen LogP contribution in [0.1, 0.15) is 32.5 Å². The van der Waals surface area contributed by atoms with Crippen molar-refractivity contribution in [1.82, 2.24) is 25.4 Å². The van der Waals surface area contributed by atoms with Gasteiger partial charge in [0.15, 0.2) is 11.8 Å². The zero-order valence-corrected chi connectivity index (χ0v) is 15.5. The minimum atomic E-state index is 0.460. The average molecular weight is 344 g/mol. The Hall–Kier alpha value is -2.57. The second-order valence-corrected chi connectivity index (χ2v) is 5.78. The van der Waals surface area contributed by atoms with E-state index in [0.29, 0.717) is 12.4 Å². The van der Waals surface area contributed by atoms with Crippen LogP contribution in [0.25, 0.3) is 11.4 Å². The van der Waals surface area contributed by atoms with Crippen LogP contribution in [0.3, 0.4) is 0 Å².